The van der Waals surface area contributed by atoms with Gasteiger partial charge < -0.3 is 9.47 Å². The molecule has 0 N–H and O–H groups in total. The van der Waals surface area contributed by atoms with Gasteiger partial charge in [-0.15, -0.1) is 0 Å². The number of esters is 1. The number of hydrogen-bond donors (Lipinski definition) is 0. The summed E-state index contributed by atoms with van der Waals surface area (Å²) in [6, 6.07) is 15.3. The van der Waals surface area contributed by atoms with E-state index in [-0.39, 0.29) is 13.4 Å². The van der Waals surface area contributed by atoms with Crippen molar-refractivity contribution >= 4 is 12.3 Å². The number of benzene rings is 2. The van der Waals surface area contributed by atoms with Crippen molar-refractivity contribution in [3.05, 3.63) is 65.2 Å². The van der Waals surface area contributed by atoms with Crippen LogP contribution >= 0.6 is 0 Å². The van der Waals surface area contributed by atoms with E-state index in [2.05, 4.69) is 0 Å². The fraction of sp³-hybridized carbons (Fsp3) is 0.364. The third-order valence-electron chi connectivity index (χ3n) is 3.88. The van der Waals surface area contributed by atoms with Crippen molar-refractivity contribution in [3.63, 3.8) is 0 Å². The third-order valence-corrected chi connectivity index (χ3v) is 3.88. The second-order valence-electron chi connectivity index (χ2n) is 5.88. The Kier molecular flexibility index (Phi) is 9.95. The summed E-state index contributed by atoms with van der Waals surface area (Å²) in [4.78, 5) is 22.4. The van der Waals surface area contributed by atoms with Crippen molar-refractivity contribution in [1.82, 2.24) is 0 Å². The van der Waals surface area contributed by atoms with Gasteiger partial charge in [-0.3, -0.25) is 9.59 Å². The van der Waals surface area contributed by atoms with E-state index in [4.69, 9.17) is 9.47 Å². The fourth-order valence-corrected chi connectivity index (χ4v) is 2.66. The fourth-order valence-electron chi connectivity index (χ4n) is 2.66. The van der Waals surface area contributed by atoms with Crippen molar-refractivity contribution in [2.24, 2.45) is 0 Å². The highest BCUT2D eigenvalue weighted by Crippen LogP contribution is 2.24. The second-order valence-corrected chi connectivity index (χ2v) is 5.88. The van der Waals surface area contributed by atoms with Gasteiger partial charge in [0.1, 0.15) is 12.0 Å². The van der Waals surface area contributed by atoms with Crippen LogP contribution in [0, 0.1) is 0 Å². The number of ether oxygens (including phenoxy) is 2. The molecule has 0 atom stereocenters. The maximum Gasteiger partial charge on any atom is 0.308 e. The Morgan fingerprint density at radius 2 is 1.77 bits per heavy atom. The highest BCUT2D eigenvalue weighted by molar-refractivity contribution is 5.80. The summed E-state index contributed by atoms with van der Waals surface area (Å²) >= 11 is 0. The average molecular weight is 356 g/mol. The van der Waals surface area contributed by atoms with E-state index in [1.54, 1.807) is 18.2 Å². The van der Waals surface area contributed by atoms with Gasteiger partial charge in [-0.2, -0.15) is 0 Å². The number of carbonyl (C=O) groups is 2. The minimum Gasteiger partial charge on any atom is -0.426 e. The van der Waals surface area contributed by atoms with Gasteiger partial charge in [0.25, 0.3) is 0 Å². The molecule has 0 heterocycles. The van der Waals surface area contributed by atoms with Crippen molar-refractivity contribution in [1.29, 1.82) is 0 Å². The Balaban J connectivity index is 0.00000338. The van der Waals surface area contributed by atoms with Crippen LogP contribution < -0.4 is 4.74 Å². The molecule has 0 spiro atoms. The lowest BCUT2D eigenvalue weighted by molar-refractivity contribution is -0.131. The smallest absolute Gasteiger partial charge is 0.308 e. The quantitative estimate of drug-likeness (QED) is 0.260. The largest absolute Gasteiger partial charge is 0.426 e. The van der Waals surface area contributed by atoms with Crippen LogP contribution in [0.3, 0.4) is 0 Å². The molecule has 0 saturated heterocycles. The van der Waals surface area contributed by atoms with Crippen LogP contribution in [0.1, 0.15) is 55.1 Å². The van der Waals surface area contributed by atoms with E-state index in [0.717, 1.165) is 31.1 Å². The molecule has 2 rings (SSSR count). The molecule has 26 heavy (non-hydrogen) atoms. The monoisotopic (exact) mass is 356 g/mol. The molecule has 0 aliphatic carbocycles. The van der Waals surface area contributed by atoms with E-state index in [1.807, 2.05) is 30.3 Å². The molecule has 140 valence electrons. The summed E-state index contributed by atoms with van der Waals surface area (Å²) in [5.41, 5.74) is 2.56. The van der Waals surface area contributed by atoms with E-state index in [9.17, 15) is 9.59 Å². The van der Waals surface area contributed by atoms with Crippen LogP contribution in [-0.4, -0.2) is 18.9 Å². The first-order chi connectivity index (χ1) is 12.2. The van der Waals surface area contributed by atoms with Crippen molar-refractivity contribution in [3.8, 4) is 5.75 Å². The summed E-state index contributed by atoms with van der Waals surface area (Å²) < 4.78 is 10.9. The van der Waals surface area contributed by atoms with Crippen LogP contribution in [-0.2, 0) is 22.6 Å². The van der Waals surface area contributed by atoms with Crippen molar-refractivity contribution < 1.29 is 19.1 Å². The second kappa shape index (κ2) is 12.0. The van der Waals surface area contributed by atoms with E-state index in [0.29, 0.717) is 30.9 Å². The van der Waals surface area contributed by atoms with Crippen molar-refractivity contribution in [2.45, 2.75) is 46.6 Å². The van der Waals surface area contributed by atoms with Gasteiger partial charge in [-0.05, 0) is 30.9 Å². The minimum atomic E-state index is -0.376. The van der Waals surface area contributed by atoms with Crippen LogP contribution in [0.25, 0.3) is 0 Å². The molecule has 0 radical (unpaired) electrons. The molecule has 2 aromatic rings. The molecule has 0 fully saturated rings. The zero-order valence-electron chi connectivity index (χ0n) is 14.6. The number of aldehydes is 1. The van der Waals surface area contributed by atoms with Gasteiger partial charge in [0.15, 0.2) is 0 Å². The van der Waals surface area contributed by atoms with Gasteiger partial charge in [0, 0.05) is 24.7 Å². The zero-order valence-corrected chi connectivity index (χ0v) is 14.6. The number of unbranched alkanes of at least 4 members (excludes halogenated alkanes) is 2. The predicted molar refractivity (Wildman–Crippen MR) is 104 cm³/mol. The molecule has 2 aromatic carbocycles. The van der Waals surface area contributed by atoms with Gasteiger partial charge >= 0.3 is 5.97 Å². The Bertz CT molecular complexity index is 680. The van der Waals surface area contributed by atoms with Crippen LogP contribution in [0.2, 0.25) is 0 Å². The van der Waals surface area contributed by atoms with Gasteiger partial charge in [-0.1, -0.05) is 56.3 Å². The molecular formula is C22H28O4. The summed E-state index contributed by atoms with van der Waals surface area (Å²) in [5.74, 6) is 0.107. The number of rotatable bonds is 10. The highest BCUT2D eigenvalue weighted by atomic mass is 16.5. The van der Waals surface area contributed by atoms with Gasteiger partial charge in [0.05, 0.1) is 6.61 Å². The van der Waals surface area contributed by atoms with E-state index < -0.39 is 0 Å². The number of carbonyl (C=O) groups excluding carboxylic acids is 2. The van der Waals surface area contributed by atoms with Crippen molar-refractivity contribution in [2.75, 3.05) is 6.61 Å². The summed E-state index contributed by atoms with van der Waals surface area (Å²) in [5, 5.41) is 0. The van der Waals surface area contributed by atoms with E-state index >= 15 is 0 Å². The Morgan fingerprint density at radius 3 is 2.46 bits per heavy atom. The first-order valence-corrected chi connectivity index (χ1v) is 8.58. The third kappa shape index (κ3) is 7.19. The zero-order chi connectivity index (χ0) is 17.9. The molecule has 4 nitrogen and oxygen atoms in total. The minimum absolute atomic E-state index is 0. The molecule has 0 amide bonds. The lowest BCUT2D eigenvalue weighted by Crippen LogP contribution is -2.06. The highest BCUT2D eigenvalue weighted by Gasteiger charge is 2.10. The van der Waals surface area contributed by atoms with Crippen LogP contribution in [0.4, 0.5) is 0 Å². The Morgan fingerprint density at radius 1 is 1.00 bits per heavy atom. The standard InChI is InChI=1S/C21H24O4.CH4/c1-17(23)25-21-13-8-11-19(15-22)20(21)12-6-3-7-14-24-16-18-9-4-2-5-10-18;/h2,4-5,8-11,13,15H,3,6-7,12,14,16H2,1H3;1H4. The Hall–Kier alpha value is -2.46. The Labute approximate surface area is 156 Å². The van der Waals surface area contributed by atoms with Gasteiger partial charge in [-0.25, -0.2) is 0 Å². The van der Waals surface area contributed by atoms with Crippen LogP contribution in [0.5, 0.6) is 5.75 Å². The lowest BCUT2D eigenvalue weighted by atomic mass is 10.0. The van der Waals surface area contributed by atoms with Crippen LogP contribution in [0.15, 0.2) is 48.5 Å². The van der Waals surface area contributed by atoms with Gasteiger partial charge in [0.2, 0.25) is 0 Å². The average Bonchev–Trinajstić information content (AvgIpc) is 2.62. The predicted octanol–water partition coefficient (Wildman–Crippen LogP) is 4.99. The summed E-state index contributed by atoms with van der Waals surface area (Å²) in [6.07, 6.45) is 4.37. The summed E-state index contributed by atoms with van der Waals surface area (Å²) in [6.45, 7) is 2.70. The summed E-state index contributed by atoms with van der Waals surface area (Å²) in [7, 11) is 0. The molecule has 0 aliphatic heterocycles. The molecule has 0 aromatic heterocycles. The molecule has 4 heteroatoms. The first kappa shape index (κ1) is 21.6. The molecule has 0 aliphatic rings. The molecular weight excluding hydrogens is 328 g/mol. The molecule has 0 bridgehead atoms. The number of hydrogen-bond acceptors (Lipinski definition) is 4. The molecule has 0 saturated carbocycles. The lowest BCUT2D eigenvalue weighted by Gasteiger charge is -2.11. The topological polar surface area (TPSA) is 52.6 Å². The maximum absolute atomic E-state index is 11.2. The van der Waals surface area contributed by atoms with E-state index in [1.165, 1.54) is 12.5 Å². The normalized spacial score (nSPS) is 10.0. The molecule has 0 unspecified atom stereocenters. The first-order valence-electron chi connectivity index (χ1n) is 8.58. The maximum atomic E-state index is 11.2. The SMILES string of the molecule is C.CC(=O)Oc1cccc(C=O)c1CCCCCOCc1ccccc1.